The van der Waals surface area contributed by atoms with Gasteiger partial charge in [0, 0.05) is 16.2 Å². The summed E-state index contributed by atoms with van der Waals surface area (Å²) in [5, 5.41) is 8.35. The third kappa shape index (κ3) is 6.71. The van der Waals surface area contributed by atoms with Crippen LogP contribution in [0.3, 0.4) is 0 Å². The highest BCUT2D eigenvalue weighted by atomic mass is 127. The zero-order chi connectivity index (χ0) is 31.2. The van der Waals surface area contributed by atoms with Crippen molar-refractivity contribution >= 4 is 51.7 Å². The summed E-state index contributed by atoms with van der Waals surface area (Å²) in [6, 6.07) is 5.60. The van der Waals surface area contributed by atoms with E-state index in [4.69, 9.17) is 4.74 Å². The van der Waals surface area contributed by atoms with E-state index in [0.29, 0.717) is 35.3 Å². The molecule has 232 valence electrons. The molecule has 2 aromatic carbocycles. The van der Waals surface area contributed by atoms with E-state index in [2.05, 4.69) is 16.0 Å². The molecular formula is C28H27F6IN4O4. The Labute approximate surface area is 256 Å². The molecule has 2 aliphatic carbocycles. The molecule has 0 spiro atoms. The first-order valence-corrected chi connectivity index (χ1v) is 14.7. The number of esters is 1. The predicted octanol–water partition coefficient (Wildman–Crippen LogP) is 4.93. The summed E-state index contributed by atoms with van der Waals surface area (Å²) in [5.74, 6) is -7.25. The van der Waals surface area contributed by atoms with Gasteiger partial charge in [0.1, 0.15) is 5.82 Å². The summed E-state index contributed by atoms with van der Waals surface area (Å²) in [4.78, 5) is 39.4. The lowest BCUT2D eigenvalue weighted by Crippen LogP contribution is -2.72. The monoisotopic (exact) mass is 724 g/mol. The Morgan fingerprint density at radius 3 is 2.28 bits per heavy atom. The van der Waals surface area contributed by atoms with Crippen LogP contribution >= 0.6 is 22.6 Å². The van der Waals surface area contributed by atoms with Gasteiger partial charge in [-0.25, -0.2) is 18.0 Å². The number of hydrogen-bond donors (Lipinski definition) is 3. The normalized spacial score (nSPS) is 19.0. The van der Waals surface area contributed by atoms with Crippen LogP contribution < -0.4 is 16.0 Å². The summed E-state index contributed by atoms with van der Waals surface area (Å²) in [6.07, 6.45) is -1.38. The summed E-state index contributed by atoms with van der Waals surface area (Å²) < 4.78 is 88.5. The van der Waals surface area contributed by atoms with Crippen molar-refractivity contribution < 1.29 is 45.5 Å². The number of likely N-dealkylation sites (tertiary alicyclic amines) is 1. The molecule has 15 heteroatoms. The van der Waals surface area contributed by atoms with Gasteiger partial charge in [-0.05, 0) is 78.6 Å². The Hall–Kier alpha value is -3.08. The van der Waals surface area contributed by atoms with E-state index in [-0.39, 0.29) is 24.2 Å². The number of amides is 2. The van der Waals surface area contributed by atoms with Crippen LogP contribution in [0, 0.1) is 21.0 Å². The van der Waals surface area contributed by atoms with Gasteiger partial charge in [-0.3, -0.25) is 14.9 Å². The maximum absolute atomic E-state index is 14.9. The fraction of sp³-hybridized carbons (Fsp3) is 0.464. The quantitative estimate of drug-likeness (QED) is 0.193. The lowest BCUT2D eigenvalue weighted by Gasteiger charge is -2.50. The molecule has 3 fully saturated rings. The van der Waals surface area contributed by atoms with E-state index in [9.17, 15) is 40.7 Å². The highest BCUT2D eigenvalue weighted by molar-refractivity contribution is 14.1. The van der Waals surface area contributed by atoms with Gasteiger partial charge in [0.15, 0.2) is 17.2 Å². The van der Waals surface area contributed by atoms with E-state index >= 15 is 0 Å². The maximum atomic E-state index is 14.9. The minimum absolute atomic E-state index is 0.0486. The van der Waals surface area contributed by atoms with Crippen LogP contribution in [0.4, 0.5) is 37.7 Å². The van der Waals surface area contributed by atoms with Crippen LogP contribution in [0.2, 0.25) is 0 Å². The highest BCUT2D eigenvalue weighted by Crippen LogP contribution is 2.36. The molecule has 3 aliphatic rings. The number of rotatable bonds is 9. The van der Waals surface area contributed by atoms with E-state index in [0.717, 1.165) is 29.9 Å². The zero-order valence-electron chi connectivity index (χ0n) is 22.6. The van der Waals surface area contributed by atoms with Crippen LogP contribution in [0.25, 0.3) is 0 Å². The molecule has 2 amide bonds. The SMILES string of the molecule is O=C(c1ccc(F)c(F)c1Nc1ccc(I)cc1F)N1CC(CNC2(C(=O)NC3CC3)CCCC2)(OC(=O)C(F)(F)F)C1. The summed E-state index contributed by atoms with van der Waals surface area (Å²) in [5.41, 5.74) is -4.26. The average Bonchev–Trinajstić information content (AvgIpc) is 3.60. The van der Waals surface area contributed by atoms with Gasteiger partial charge in [0.2, 0.25) is 5.91 Å². The topological polar surface area (TPSA) is 99.8 Å². The maximum Gasteiger partial charge on any atom is 0.490 e. The van der Waals surface area contributed by atoms with E-state index in [1.54, 1.807) is 0 Å². The van der Waals surface area contributed by atoms with Crippen molar-refractivity contribution in [2.45, 2.75) is 61.9 Å². The van der Waals surface area contributed by atoms with Crippen LogP contribution in [0.5, 0.6) is 0 Å². The van der Waals surface area contributed by atoms with E-state index < -0.39 is 71.0 Å². The Kier molecular flexibility index (Phi) is 8.59. The second-order valence-electron chi connectivity index (χ2n) is 11.2. The fourth-order valence-corrected chi connectivity index (χ4v) is 5.80. The van der Waals surface area contributed by atoms with E-state index in [1.165, 1.54) is 12.1 Å². The Balaban J connectivity index is 1.37. The lowest BCUT2D eigenvalue weighted by atomic mass is 9.89. The smallest absolute Gasteiger partial charge is 0.447 e. The molecule has 0 aromatic heterocycles. The molecule has 2 aromatic rings. The largest absolute Gasteiger partial charge is 0.490 e. The zero-order valence-corrected chi connectivity index (χ0v) is 24.7. The molecule has 1 aliphatic heterocycles. The van der Waals surface area contributed by atoms with Crippen molar-refractivity contribution in [3.63, 3.8) is 0 Å². The van der Waals surface area contributed by atoms with Crippen LogP contribution in [0.15, 0.2) is 30.3 Å². The van der Waals surface area contributed by atoms with Gasteiger partial charge >= 0.3 is 12.1 Å². The summed E-state index contributed by atoms with van der Waals surface area (Å²) in [7, 11) is 0. The van der Waals surface area contributed by atoms with Crippen LogP contribution in [-0.2, 0) is 14.3 Å². The summed E-state index contributed by atoms with van der Waals surface area (Å²) in [6.45, 7) is -1.43. The van der Waals surface area contributed by atoms with E-state index in [1.807, 2.05) is 22.6 Å². The number of benzene rings is 2. The van der Waals surface area contributed by atoms with Gasteiger partial charge in [-0.1, -0.05) is 12.8 Å². The number of hydrogen-bond acceptors (Lipinski definition) is 6. The van der Waals surface area contributed by atoms with Crippen molar-refractivity contribution in [2.24, 2.45) is 0 Å². The molecule has 1 saturated heterocycles. The molecule has 1 heterocycles. The molecule has 5 rings (SSSR count). The van der Waals surface area contributed by atoms with Crippen LogP contribution in [-0.4, -0.2) is 65.7 Å². The Morgan fingerprint density at radius 2 is 1.67 bits per heavy atom. The molecule has 2 saturated carbocycles. The molecule has 0 unspecified atom stereocenters. The molecule has 0 atom stereocenters. The standard InChI is InChI=1S/C28H27F6IN4O4/c29-18-7-6-17(22(21(18)31)38-20-8-3-15(35)11-19(20)30)23(40)39-13-26(14-39,43-25(42)28(32,33)34)12-36-27(9-1-2-10-27)24(41)37-16-4-5-16/h3,6-8,11,16,36,38H,1-2,4-5,9-10,12-14H2,(H,37,41). The van der Waals surface area contributed by atoms with Crippen molar-refractivity contribution in [1.29, 1.82) is 0 Å². The average molecular weight is 724 g/mol. The minimum atomic E-state index is -5.32. The fourth-order valence-electron chi connectivity index (χ4n) is 5.35. The van der Waals surface area contributed by atoms with Gasteiger partial charge in [-0.15, -0.1) is 0 Å². The van der Waals surface area contributed by atoms with Gasteiger partial charge < -0.3 is 20.3 Å². The first kappa shape index (κ1) is 31.3. The Bertz CT molecular complexity index is 1440. The third-order valence-corrected chi connectivity index (χ3v) is 8.53. The second kappa shape index (κ2) is 11.8. The molecule has 0 bridgehead atoms. The number of carbonyl (C=O) groups is 3. The van der Waals surface area contributed by atoms with Crippen molar-refractivity contribution in [2.75, 3.05) is 25.0 Å². The summed E-state index contributed by atoms with van der Waals surface area (Å²) >= 11 is 1.85. The minimum Gasteiger partial charge on any atom is -0.447 e. The number of ether oxygens (including phenoxy) is 1. The second-order valence-corrected chi connectivity index (χ2v) is 12.4. The molecule has 43 heavy (non-hydrogen) atoms. The third-order valence-electron chi connectivity index (χ3n) is 7.86. The van der Waals surface area contributed by atoms with Crippen molar-refractivity contribution in [3.8, 4) is 0 Å². The number of anilines is 2. The number of nitrogens with one attached hydrogen (secondary N) is 3. The number of carbonyl (C=O) groups excluding carboxylic acids is 3. The predicted molar refractivity (Wildman–Crippen MR) is 150 cm³/mol. The molecule has 3 N–H and O–H groups in total. The van der Waals surface area contributed by atoms with Crippen molar-refractivity contribution in [1.82, 2.24) is 15.5 Å². The van der Waals surface area contributed by atoms with Gasteiger partial charge in [0.25, 0.3) is 5.91 Å². The number of nitrogens with zero attached hydrogens (tertiary/aromatic N) is 1. The van der Waals surface area contributed by atoms with Crippen LogP contribution in [0.1, 0.15) is 48.9 Å². The number of halogens is 7. The lowest BCUT2D eigenvalue weighted by molar-refractivity contribution is -0.224. The van der Waals surface area contributed by atoms with Crippen molar-refractivity contribution in [3.05, 3.63) is 56.9 Å². The molecule has 8 nitrogen and oxygen atoms in total. The van der Waals surface area contributed by atoms with Gasteiger partial charge in [0.05, 0.1) is 35.6 Å². The number of alkyl halides is 3. The first-order valence-electron chi connectivity index (χ1n) is 13.6. The van der Waals surface area contributed by atoms with Gasteiger partial charge in [-0.2, -0.15) is 13.2 Å². The molecular weight excluding hydrogens is 697 g/mol. The first-order chi connectivity index (χ1) is 20.2. The Morgan fingerprint density at radius 1 is 1.00 bits per heavy atom. The molecule has 0 radical (unpaired) electrons. The highest BCUT2D eigenvalue weighted by Gasteiger charge is 2.55.